The molecule has 28 heavy (non-hydrogen) atoms. The van der Waals surface area contributed by atoms with Crippen molar-refractivity contribution in [1.82, 2.24) is 20.8 Å². The van der Waals surface area contributed by atoms with Crippen molar-refractivity contribution in [3.63, 3.8) is 0 Å². The minimum absolute atomic E-state index is 0.0124. The average Bonchev–Trinajstić information content (AvgIpc) is 3.32. The first-order chi connectivity index (χ1) is 13.5. The molecular weight excluding hydrogens is 357 g/mol. The van der Waals surface area contributed by atoms with E-state index in [0.29, 0.717) is 12.4 Å². The molecule has 0 bridgehead atoms. The maximum Gasteiger partial charge on any atom is 0.226 e. The van der Waals surface area contributed by atoms with Crippen LogP contribution in [0.1, 0.15) is 63.2 Å². The summed E-state index contributed by atoms with van der Waals surface area (Å²) < 4.78 is 18.8. The smallest absolute Gasteiger partial charge is 0.226 e. The van der Waals surface area contributed by atoms with Gasteiger partial charge in [0.15, 0.2) is 11.8 Å². The van der Waals surface area contributed by atoms with Gasteiger partial charge >= 0.3 is 0 Å². The average molecular weight is 388 g/mol. The third kappa shape index (κ3) is 5.30. The SMILES string of the molecule is CCNC(=NCC1(c2cccc(F)c2)CC1)NCCCc1nc(C(C)C)no1. The molecule has 6 nitrogen and oxygen atoms in total. The van der Waals surface area contributed by atoms with Crippen molar-refractivity contribution in [1.29, 1.82) is 0 Å². The molecule has 0 atom stereocenters. The Morgan fingerprint density at radius 2 is 2.14 bits per heavy atom. The van der Waals surface area contributed by atoms with Crippen LogP contribution in [-0.4, -0.2) is 35.7 Å². The van der Waals surface area contributed by atoms with E-state index in [-0.39, 0.29) is 17.2 Å². The Bertz CT molecular complexity index is 798. The fraction of sp³-hybridized carbons (Fsp3) is 0.571. The van der Waals surface area contributed by atoms with Crippen LogP contribution < -0.4 is 10.6 Å². The number of benzene rings is 1. The van der Waals surface area contributed by atoms with Crippen molar-refractivity contribution in [2.24, 2.45) is 4.99 Å². The van der Waals surface area contributed by atoms with Crippen molar-refractivity contribution in [3.05, 3.63) is 47.4 Å². The van der Waals surface area contributed by atoms with Crippen LogP contribution in [0.15, 0.2) is 33.8 Å². The van der Waals surface area contributed by atoms with Crippen molar-refractivity contribution in [2.45, 2.75) is 57.8 Å². The molecular formula is C21H30FN5O. The molecule has 1 saturated carbocycles. The summed E-state index contributed by atoms with van der Waals surface area (Å²) in [5.41, 5.74) is 1.03. The molecule has 1 heterocycles. The quantitative estimate of drug-likeness (QED) is 0.391. The fourth-order valence-corrected chi connectivity index (χ4v) is 3.13. The van der Waals surface area contributed by atoms with Gasteiger partial charge in [-0.25, -0.2) is 4.39 Å². The Morgan fingerprint density at radius 1 is 1.32 bits per heavy atom. The van der Waals surface area contributed by atoms with E-state index >= 15 is 0 Å². The van der Waals surface area contributed by atoms with Gasteiger partial charge in [0.1, 0.15) is 5.82 Å². The Morgan fingerprint density at radius 3 is 2.79 bits per heavy atom. The molecule has 0 saturated heterocycles. The molecule has 1 fully saturated rings. The fourth-order valence-electron chi connectivity index (χ4n) is 3.13. The lowest BCUT2D eigenvalue weighted by molar-refractivity contribution is 0.368. The first-order valence-corrected chi connectivity index (χ1v) is 10.1. The summed E-state index contributed by atoms with van der Waals surface area (Å²) in [4.78, 5) is 9.14. The van der Waals surface area contributed by atoms with E-state index in [0.717, 1.165) is 56.1 Å². The maximum absolute atomic E-state index is 13.6. The molecule has 2 aromatic rings. The molecule has 0 spiro atoms. The van der Waals surface area contributed by atoms with Crippen LogP contribution in [0.2, 0.25) is 0 Å². The Labute approximate surface area is 166 Å². The number of aryl methyl sites for hydroxylation is 1. The molecule has 152 valence electrons. The highest BCUT2D eigenvalue weighted by molar-refractivity contribution is 5.79. The Hall–Kier alpha value is -2.44. The van der Waals surface area contributed by atoms with Gasteiger partial charge in [-0.3, -0.25) is 4.99 Å². The molecule has 3 rings (SSSR count). The normalized spacial score (nSPS) is 15.7. The van der Waals surface area contributed by atoms with Gasteiger partial charge in [0.05, 0.1) is 6.54 Å². The summed E-state index contributed by atoms with van der Waals surface area (Å²) >= 11 is 0. The number of guanidine groups is 1. The van der Waals surface area contributed by atoms with Crippen LogP contribution in [-0.2, 0) is 11.8 Å². The summed E-state index contributed by atoms with van der Waals surface area (Å²) in [6.45, 7) is 8.35. The topological polar surface area (TPSA) is 75.3 Å². The largest absolute Gasteiger partial charge is 0.357 e. The highest BCUT2D eigenvalue weighted by Crippen LogP contribution is 2.48. The highest BCUT2D eigenvalue weighted by atomic mass is 19.1. The molecule has 0 unspecified atom stereocenters. The summed E-state index contributed by atoms with van der Waals surface area (Å²) in [5, 5.41) is 10.6. The van der Waals surface area contributed by atoms with Crippen LogP contribution >= 0.6 is 0 Å². The van der Waals surface area contributed by atoms with Gasteiger partial charge in [-0.15, -0.1) is 0 Å². The van der Waals surface area contributed by atoms with Crippen LogP contribution in [0.5, 0.6) is 0 Å². The number of nitrogens with zero attached hydrogens (tertiary/aromatic N) is 3. The number of hydrogen-bond acceptors (Lipinski definition) is 4. The minimum atomic E-state index is -0.181. The lowest BCUT2D eigenvalue weighted by Crippen LogP contribution is -2.38. The van der Waals surface area contributed by atoms with Gasteiger partial charge in [-0.2, -0.15) is 4.98 Å². The maximum atomic E-state index is 13.6. The van der Waals surface area contributed by atoms with Crippen LogP contribution in [0.4, 0.5) is 4.39 Å². The number of nitrogens with one attached hydrogen (secondary N) is 2. The van der Waals surface area contributed by atoms with E-state index in [2.05, 4.69) is 20.8 Å². The van der Waals surface area contributed by atoms with Gasteiger partial charge in [0.2, 0.25) is 5.89 Å². The van der Waals surface area contributed by atoms with E-state index < -0.39 is 0 Å². The summed E-state index contributed by atoms with van der Waals surface area (Å²) in [7, 11) is 0. The molecule has 1 aromatic carbocycles. The number of aromatic nitrogens is 2. The summed E-state index contributed by atoms with van der Waals surface area (Å²) in [6, 6.07) is 6.91. The standard InChI is InChI=1S/C21H30FN5O/c1-4-23-20(24-12-6-9-18-26-19(15(2)3)27-28-18)25-14-21(10-11-21)16-7-5-8-17(22)13-16/h5,7-8,13,15H,4,6,9-12,14H2,1-3H3,(H2,23,24,25). The van der Waals surface area contributed by atoms with Crippen LogP contribution in [0.3, 0.4) is 0 Å². The van der Waals surface area contributed by atoms with Crippen LogP contribution in [0, 0.1) is 5.82 Å². The van der Waals surface area contributed by atoms with E-state index in [1.165, 1.54) is 6.07 Å². The van der Waals surface area contributed by atoms with E-state index in [1.54, 1.807) is 12.1 Å². The molecule has 0 radical (unpaired) electrons. The van der Waals surface area contributed by atoms with Gasteiger partial charge in [-0.1, -0.05) is 31.1 Å². The molecule has 1 aliphatic carbocycles. The molecule has 1 aliphatic rings. The second-order valence-corrected chi connectivity index (χ2v) is 7.72. The third-order valence-corrected chi connectivity index (χ3v) is 5.03. The molecule has 0 aliphatic heterocycles. The zero-order valence-corrected chi connectivity index (χ0v) is 17.0. The second-order valence-electron chi connectivity index (χ2n) is 7.72. The second kappa shape index (κ2) is 9.17. The summed E-state index contributed by atoms with van der Waals surface area (Å²) in [6.07, 6.45) is 3.71. The lowest BCUT2D eigenvalue weighted by Gasteiger charge is -2.16. The van der Waals surface area contributed by atoms with Crippen LogP contribution in [0.25, 0.3) is 0 Å². The lowest BCUT2D eigenvalue weighted by atomic mass is 9.96. The Balaban J connectivity index is 1.50. The van der Waals surface area contributed by atoms with E-state index in [4.69, 9.17) is 9.52 Å². The first-order valence-electron chi connectivity index (χ1n) is 10.1. The van der Waals surface area contributed by atoms with Crippen molar-refractivity contribution in [2.75, 3.05) is 19.6 Å². The monoisotopic (exact) mass is 387 g/mol. The van der Waals surface area contributed by atoms with Gasteiger partial charge in [0, 0.05) is 30.8 Å². The van der Waals surface area contributed by atoms with Crippen molar-refractivity contribution >= 4 is 5.96 Å². The number of aliphatic imine (C=N–C) groups is 1. The molecule has 7 heteroatoms. The van der Waals surface area contributed by atoms with Gasteiger partial charge in [-0.05, 0) is 43.9 Å². The third-order valence-electron chi connectivity index (χ3n) is 5.03. The predicted molar refractivity (Wildman–Crippen MR) is 108 cm³/mol. The van der Waals surface area contributed by atoms with Gasteiger partial charge < -0.3 is 15.2 Å². The van der Waals surface area contributed by atoms with Crippen molar-refractivity contribution in [3.8, 4) is 0 Å². The van der Waals surface area contributed by atoms with E-state index in [1.807, 2.05) is 26.8 Å². The molecule has 2 N–H and O–H groups in total. The highest BCUT2D eigenvalue weighted by Gasteiger charge is 2.44. The minimum Gasteiger partial charge on any atom is -0.357 e. The number of halogens is 1. The predicted octanol–water partition coefficient (Wildman–Crippen LogP) is 3.55. The van der Waals surface area contributed by atoms with Crippen molar-refractivity contribution < 1.29 is 8.91 Å². The number of rotatable bonds is 9. The van der Waals surface area contributed by atoms with Gasteiger partial charge in [0.25, 0.3) is 0 Å². The molecule has 0 amide bonds. The first kappa shape index (κ1) is 20.3. The van der Waals surface area contributed by atoms with E-state index in [9.17, 15) is 4.39 Å². The zero-order chi connectivity index (χ0) is 20.0. The summed E-state index contributed by atoms with van der Waals surface area (Å²) in [5.74, 6) is 2.31. The molecule has 1 aromatic heterocycles. The Kier molecular flexibility index (Phi) is 6.65. The number of hydrogen-bond donors (Lipinski definition) is 2. The zero-order valence-electron chi connectivity index (χ0n) is 17.0.